The highest BCUT2D eigenvalue weighted by atomic mass is 14.2. The second-order valence-electron chi connectivity index (χ2n) is 6.52. The van der Waals surface area contributed by atoms with Crippen molar-refractivity contribution in [3.8, 4) is 11.8 Å². The van der Waals surface area contributed by atoms with Gasteiger partial charge in [-0.15, -0.1) is 0 Å². The Kier molecular flexibility index (Phi) is 7.31. The van der Waals surface area contributed by atoms with E-state index in [0.717, 1.165) is 5.92 Å². The van der Waals surface area contributed by atoms with E-state index in [1.54, 1.807) is 0 Å². The maximum atomic E-state index is 3.51. The van der Waals surface area contributed by atoms with Gasteiger partial charge in [-0.3, -0.25) is 0 Å². The van der Waals surface area contributed by atoms with E-state index < -0.39 is 0 Å². The fraction of sp³-hybridized carbons (Fsp3) is 0.545. The minimum atomic E-state index is 0.474. The first-order chi connectivity index (χ1) is 10.8. The van der Waals surface area contributed by atoms with E-state index in [4.69, 9.17) is 0 Å². The number of hydrogen-bond acceptors (Lipinski definition) is 0. The number of allylic oxidation sites excluding steroid dienone is 8. The maximum Gasteiger partial charge on any atom is 0.0383 e. The summed E-state index contributed by atoms with van der Waals surface area (Å²) in [4.78, 5) is 0. The largest absolute Gasteiger partial charge is 0.0951 e. The van der Waals surface area contributed by atoms with Gasteiger partial charge in [0.15, 0.2) is 0 Å². The number of rotatable bonds is 4. The highest BCUT2D eigenvalue weighted by Gasteiger charge is 2.15. The van der Waals surface area contributed by atoms with Gasteiger partial charge in [-0.2, -0.15) is 0 Å². The quantitative estimate of drug-likeness (QED) is 0.435. The molecule has 4 unspecified atom stereocenters. The molecule has 0 radical (unpaired) electrons. The minimum Gasteiger partial charge on any atom is -0.0951 e. The monoisotopic (exact) mass is 294 g/mol. The predicted molar refractivity (Wildman–Crippen MR) is 97.3 cm³/mol. The van der Waals surface area contributed by atoms with Crippen molar-refractivity contribution < 1.29 is 0 Å². The van der Waals surface area contributed by atoms with Gasteiger partial charge in [0.2, 0.25) is 0 Å². The predicted octanol–water partition coefficient (Wildman–Crippen LogP) is 6.09. The zero-order valence-corrected chi connectivity index (χ0v) is 14.2. The SMILES string of the molecule is C/C=C/CCC1C=CC(C#CC2C=CC(/C=C/C)CC2)CC1. The Morgan fingerprint density at radius 1 is 0.864 bits per heavy atom. The van der Waals surface area contributed by atoms with Crippen molar-refractivity contribution in [3.05, 3.63) is 48.6 Å². The molecule has 0 aromatic rings. The van der Waals surface area contributed by atoms with Crippen molar-refractivity contribution in [1.82, 2.24) is 0 Å². The molecule has 0 spiro atoms. The third-order valence-corrected chi connectivity index (χ3v) is 4.70. The zero-order chi connectivity index (χ0) is 15.6. The summed E-state index contributed by atoms with van der Waals surface area (Å²) in [6.07, 6.45) is 25.8. The molecule has 0 bridgehead atoms. The van der Waals surface area contributed by atoms with Crippen molar-refractivity contribution in [3.63, 3.8) is 0 Å². The van der Waals surface area contributed by atoms with Gasteiger partial charge in [0.1, 0.15) is 0 Å². The molecule has 0 heterocycles. The van der Waals surface area contributed by atoms with E-state index in [0.29, 0.717) is 17.8 Å². The molecule has 0 N–H and O–H groups in total. The van der Waals surface area contributed by atoms with Crippen LogP contribution in [0.3, 0.4) is 0 Å². The van der Waals surface area contributed by atoms with Crippen LogP contribution in [0.1, 0.15) is 52.4 Å². The van der Waals surface area contributed by atoms with E-state index in [1.807, 2.05) is 0 Å². The van der Waals surface area contributed by atoms with Crippen LogP contribution in [0.15, 0.2) is 48.6 Å². The molecule has 0 aromatic heterocycles. The van der Waals surface area contributed by atoms with Gasteiger partial charge in [-0.05, 0) is 64.2 Å². The van der Waals surface area contributed by atoms with Crippen LogP contribution in [0.2, 0.25) is 0 Å². The second kappa shape index (κ2) is 9.52. The summed E-state index contributed by atoms with van der Waals surface area (Å²) in [6.45, 7) is 4.20. The van der Waals surface area contributed by atoms with E-state index in [1.165, 1.54) is 38.5 Å². The molecular formula is C22H30. The molecule has 0 aromatic carbocycles. The maximum absolute atomic E-state index is 3.51. The van der Waals surface area contributed by atoms with E-state index >= 15 is 0 Å². The summed E-state index contributed by atoms with van der Waals surface area (Å²) >= 11 is 0. The third-order valence-electron chi connectivity index (χ3n) is 4.70. The van der Waals surface area contributed by atoms with Crippen LogP contribution in [0.25, 0.3) is 0 Å². The fourth-order valence-electron chi connectivity index (χ4n) is 3.30. The van der Waals surface area contributed by atoms with Gasteiger partial charge >= 0.3 is 0 Å². The van der Waals surface area contributed by atoms with Crippen LogP contribution in [0.5, 0.6) is 0 Å². The average Bonchev–Trinajstić information content (AvgIpc) is 2.56. The second-order valence-corrected chi connectivity index (χ2v) is 6.52. The Morgan fingerprint density at radius 3 is 2.14 bits per heavy atom. The first kappa shape index (κ1) is 16.9. The third kappa shape index (κ3) is 5.72. The van der Waals surface area contributed by atoms with Gasteiger partial charge in [-0.25, -0.2) is 0 Å². The smallest absolute Gasteiger partial charge is 0.0383 e. The highest BCUT2D eigenvalue weighted by molar-refractivity contribution is 5.20. The molecule has 0 fully saturated rings. The summed E-state index contributed by atoms with van der Waals surface area (Å²) in [6, 6.07) is 0. The van der Waals surface area contributed by atoms with Gasteiger partial charge in [0.05, 0.1) is 0 Å². The van der Waals surface area contributed by atoms with Crippen LogP contribution in [0.4, 0.5) is 0 Å². The molecule has 0 amide bonds. The molecule has 4 atom stereocenters. The molecule has 0 nitrogen and oxygen atoms in total. The molecule has 0 heteroatoms. The Balaban J connectivity index is 1.79. The van der Waals surface area contributed by atoms with Crippen LogP contribution >= 0.6 is 0 Å². The normalized spacial score (nSPS) is 31.5. The molecule has 0 saturated heterocycles. The standard InChI is InChI=1S/C22H30/c1-3-5-6-8-20-11-15-22(16-12-20)18-17-21-13-9-19(7-4-2)10-14-21/h3-5,7,9,11,13,15,19-22H,6,8,10,12,14,16H2,1-2H3/b5-3+,7-4+. The van der Waals surface area contributed by atoms with Crippen molar-refractivity contribution in [1.29, 1.82) is 0 Å². The highest BCUT2D eigenvalue weighted by Crippen LogP contribution is 2.26. The van der Waals surface area contributed by atoms with Crippen LogP contribution < -0.4 is 0 Å². The van der Waals surface area contributed by atoms with Gasteiger partial charge in [-0.1, -0.05) is 60.4 Å². The van der Waals surface area contributed by atoms with Crippen molar-refractivity contribution in [2.75, 3.05) is 0 Å². The molecule has 118 valence electrons. The summed E-state index contributed by atoms with van der Waals surface area (Å²) in [5.41, 5.74) is 0. The fourth-order valence-corrected chi connectivity index (χ4v) is 3.30. The molecule has 0 saturated carbocycles. The first-order valence-electron chi connectivity index (χ1n) is 8.93. The Bertz CT molecular complexity index is 492. The van der Waals surface area contributed by atoms with Crippen LogP contribution in [-0.2, 0) is 0 Å². The Hall–Kier alpha value is -1.48. The summed E-state index contributed by atoms with van der Waals surface area (Å²) < 4.78 is 0. The first-order valence-corrected chi connectivity index (χ1v) is 8.93. The lowest BCUT2D eigenvalue weighted by Gasteiger charge is -2.20. The molecule has 2 rings (SSSR count). The molecule has 2 aliphatic rings. The zero-order valence-electron chi connectivity index (χ0n) is 14.2. The van der Waals surface area contributed by atoms with Crippen LogP contribution in [0, 0.1) is 35.5 Å². The molecule has 2 aliphatic carbocycles. The van der Waals surface area contributed by atoms with Gasteiger partial charge in [0.25, 0.3) is 0 Å². The van der Waals surface area contributed by atoms with Crippen LogP contribution in [-0.4, -0.2) is 0 Å². The number of hydrogen-bond donors (Lipinski definition) is 0. The van der Waals surface area contributed by atoms with Gasteiger partial charge in [0, 0.05) is 11.8 Å². The van der Waals surface area contributed by atoms with E-state index in [2.05, 4.69) is 74.3 Å². The van der Waals surface area contributed by atoms with Gasteiger partial charge < -0.3 is 0 Å². The topological polar surface area (TPSA) is 0 Å². The van der Waals surface area contributed by atoms with E-state index in [-0.39, 0.29) is 0 Å². The summed E-state index contributed by atoms with van der Waals surface area (Å²) in [5, 5.41) is 0. The lowest BCUT2D eigenvalue weighted by molar-refractivity contribution is 0.479. The minimum absolute atomic E-state index is 0.474. The molecule has 22 heavy (non-hydrogen) atoms. The lowest BCUT2D eigenvalue weighted by atomic mass is 9.85. The Labute approximate surface area is 137 Å². The van der Waals surface area contributed by atoms with Crippen molar-refractivity contribution in [2.45, 2.75) is 52.4 Å². The lowest BCUT2D eigenvalue weighted by Crippen LogP contribution is -2.08. The molecule has 0 aliphatic heterocycles. The Morgan fingerprint density at radius 2 is 1.59 bits per heavy atom. The van der Waals surface area contributed by atoms with E-state index in [9.17, 15) is 0 Å². The van der Waals surface area contributed by atoms with Crippen molar-refractivity contribution in [2.24, 2.45) is 23.7 Å². The van der Waals surface area contributed by atoms with Crippen molar-refractivity contribution >= 4 is 0 Å². The average molecular weight is 294 g/mol. The summed E-state index contributed by atoms with van der Waals surface area (Å²) in [5.74, 6) is 9.37. The molecular weight excluding hydrogens is 264 g/mol. The summed E-state index contributed by atoms with van der Waals surface area (Å²) in [7, 11) is 0.